The zero-order chi connectivity index (χ0) is 13.2. The molecule has 1 N–H and O–H groups in total. The van der Waals surface area contributed by atoms with Gasteiger partial charge in [-0.3, -0.25) is 4.79 Å². The van der Waals surface area contributed by atoms with Crippen molar-refractivity contribution in [2.24, 2.45) is 7.05 Å². The fourth-order valence-electron chi connectivity index (χ4n) is 1.98. The third-order valence-electron chi connectivity index (χ3n) is 2.97. The van der Waals surface area contributed by atoms with Gasteiger partial charge in [-0.05, 0) is 30.3 Å². The van der Waals surface area contributed by atoms with E-state index in [0.717, 1.165) is 10.9 Å². The van der Waals surface area contributed by atoms with E-state index in [0.29, 0.717) is 11.4 Å². The van der Waals surface area contributed by atoms with Gasteiger partial charge in [-0.1, -0.05) is 0 Å². The molecule has 0 aliphatic rings. The summed E-state index contributed by atoms with van der Waals surface area (Å²) in [5, 5.41) is 3.77. The summed E-state index contributed by atoms with van der Waals surface area (Å²) in [7, 11) is 1.98. The first-order chi connectivity index (χ1) is 9.24. The van der Waals surface area contributed by atoms with Crippen LogP contribution >= 0.6 is 0 Å². The van der Waals surface area contributed by atoms with Crippen LogP contribution in [0.5, 0.6) is 0 Å². The third-order valence-corrected chi connectivity index (χ3v) is 2.97. The molecular formula is C14H12N4O. The summed E-state index contributed by atoms with van der Waals surface area (Å²) < 4.78 is 2.02. The molecule has 0 atom stereocenters. The van der Waals surface area contributed by atoms with Crippen LogP contribution in [-0.4, -0.2) is 20.4 Å². The number of carbonyl (C=O) groups is 1. The van der Waals surface area contributed by atoms with Crippen LogP contribution in [-0.2, 0) is 7.05 Å². The van der Waals surface area contributed by atoms with Crippen molar-refractivity contribution in [1.82, 2.24) is 14.5 Å². The molecule has 0 aliphatic heterocycles. The maximum absolute atomic E-state index is 12.1. The molecule has 5 nitrogen and oxygen atoms in total. The molecular weight excluding hydrogens is 240 g/mol. The van der Waals surface area contributed by atoms with Crippen molar-refractivity contribution in [2.45, 2.75) is 0 Å². The van der Waals surface area contributed by atoms with Crippen LogP contribution in [0.4, 0.5) is 5.82 Å². The molecule has 5 heteroatoms. The lowest BCUT2D eigenvalue weighted by molar-refractivity contribution is 0.102. The Morgan fingerprint density at radius 1 is 1.26 bits per heavy atom. The molecule has 0 unspecified atom stereocenters. The summed E-state index contributed by atoms with van der Waals surface area (Å²) in [5.74, 6) is 0.317. The maximum atomic E-state index is 12.1. The molecule has 0 spiro atoms. The van der Waals surface area contributed by atoms with Gasteiger partial charge in [0.2, 0.25) is 0 Å². The van der Waals surface area contributed by atoms with Crippen molar-refractivity contribution in [2.75, 3.05) is 5.32 Å². The van der Waals surface area contributed by atoms with E-state index in [4.69, 9.17) is 0 Å². The standard InChI is InChI=1S/C14H12N4O/c1-18-7-5-10-8-11(2-3-12(10)18)14(19)17-13-4-6-15-9-16-13/h2-9H,1H3,(H,15,16,17,19). The Hall–Kier alpha value is -2.69. The monoisotopic (exact) mass is 252 g/mol. The number of anilines is 1. The highest BCUT2D eigenvalue weighted by atomic mass is 16.1. The highest BCUT2D eigenvalue weighted by Gasteiger charge is 2.08. The largest absolute Gasteiger partial charge is 0.351 e. The molecule has 0 aliphatic carbocycles. The first-order valence-corrected chi connectivity index (χ1v) is 5.86. The van der Waals surface area contributed by atoms with Gasteiger partial charge in [0.05, 0.1) is 0 Å². The van der Waals surface area contributed by atoms with Gasteiger partial charge in [0.25, 0.3) is 5.91 Å². The van der Waals surface area contributed by atoms with Crippen LogP contribution in [0.1, 0.15) is 10.4 Å². The number of hydrogen-bond acceptors (Lipinski definition) is 3. The van der Waals surface area contributed by atoms with E-state index in [1.165, 1.54) is 6.33 Å². The van der Waals surface area contributed by atoms with Gasteiger partial charge in [-0.15, -0.1) is 0 Å². The van der Waals surface area contributed by atoms with E-state index in [-0.39, 0.29) is 5.91 Å². The second-order valence-electron chi connectivity index (χ2n) is 4.25. The number of nitrogens with zero attached hydrogens (tertiary/aromatic N) is 3. The van der Waals surface area contributed by atoms with Crippen LogP contribution < -0.4 is 5.32 Å². The lowest BCUT2D eigenvalue weighted by Gasteiger charge is -2.04. The zero-order valence-corrected chi connectivity index (χ0v) is 10.4. The Balaban J connectivity index is 1.89. The SMILES string of the molecule is Cn1ccc2cc(C(=O)Nc3ccncn3)ccc21. The average Bonchev–Trinajstić information content (AvgIpc) is 2.81. The molecule has 19 heavy (non-hydrogen) atoms. The summed E-state index contributed by atoms with van der Waals surface area (Å²) in [6, 6.07) is 9.24. The first-order valence-electron chi connectivity index (χ1n) is 5.86. The predicted molar refractivity (Wildman–Crippen MR) is 72.9 cm³/mol. The fraction of sp³-hybridized carbons (Fsp3) is 0.0714. The van der Waals surface area contributed by atoms with Crippen molar-refractivity contribution in [3.63, 3.8) is 0 Å². The first kappa shape index (κ1) is 11.4. The lowest BCUT2D eigenvalue weighted by atomic mass is 10.1. The fourth-order valence-corrected chi connectivity index (χ4v) is 1.98. The minimum atomic E-state index is -0.176. The molecule has 2 heterocycles. The molecule has 0 saturated carbocycles. The van der Waals surface area contributed by atoms with E-state index in [9.17, 15) is 4.79 Å². The molecule has 0 saturated heterocycles. The number of nitrogens with one attached hydrogen (secondary N) is 1. The number of benzene rings is 1. The summed E-state index contributed by atoms with van der Waals surface area (Å²) in [6.07, 6.45) is 4.95. The Morgan fingerprint density at radius 3 is 2.95 bits per heavy atom. The number of rotatable bonds is 2. The second kappa shape index (κ2) is 4.53. The summed E-state index contributed by atoms with van der Waals surface area (Å²) in [5.41, 5.74) is 1.70. The van der Waals surface area contributed by atoms with Crippen molar-refractivity contribution in [3.05, 3.63) is 54.6 Å². The molecule has 2 aromatic heterocycles. The summed E-state index contributed by atoms with van der Waals surface area (Å²) in [6.45, 7) is 0. The Kier molecular flexibility index (Phi) is 2.72. The Bertz CT molecular complexity index is 734. The van der Waals surface area contributed by atoms with Crippen molar-refractivity contribution < 1.29 is 4.79 Å². The number of amides is 1. The van der Waals surface area contributed by atoms with Crippen molar-refractivity contribution in [3.8, 4) is 0 Å². The molecule has 0 fully saturated rings. The minimum absolute atomic E-state index is 0.176. The topological polar surface area (TPSA) is 59.8 Å². The smallest absolute Gasteiger partial charge is 0.256 e. The van der Waals surface area contributed by atoms with Gasteiger partial charge >= 0.3 is 0 Å². The minimum Gasteiger partial charge on any atom is -0.351 e. The van der Waals surface area contributed by atoms with E-state index in [1.54, 1.807) is 18.3 Å². The lowest BCUT2D eigenvalue weighted by Crippen LogP contribution is -2.12. The second-order valence-corrected chi connectivity index (χ2v) is 4.25. The van der Waals surface area contributed by atoms with Gasteiger partial charge in [-0.25, -0.2) is 9.97 Å². The number of aromatic nitrogens is 3. The van der Waals surface area contributed by atoms with Crippen LogP contribution in [0.3, 0.4) is 0 Å². The van der Waals surface area contributed by atoms with Gasteiger partial charge in [0, 0.05) is 35.9 Å². The van der Waals surface area contributed by atoms with E-state index >= 15 is 0 Å². The van der Waals surface area contributed by atoms with Gasteiger partial charge in [0.15, 0.2) is 0 Å². The van der Waals surface area contributed by atoms with Crippen LogP contribution in [0.25, 0.3) is 10.9 Å². The highest BCUT2D eigenvalue weighted by molar-refractivity contribution is 6.05. The van der Waals surface area contributed by atoms with Crippen LogP contribution in [0.15, 0.2) is 49.1 Å². The van der Waals surface area contributed by atoms with Crippen molar-refractivity contribution >= 4 is 22.6 Å². The maximum Gasteiger partial charge on any atom is 0.256 e. The normalized spacial score (nSPS) is 10.6. The van der Waals surface area contributed by atoms with E-state index < -0.39 is 0 Å². The molecule has 3 rings (SSSR count). The van der Waals surface area contributed by atoms with Gasteiger partial charge in [-0.2, -0.15) is 0 Å². The van der Waals surface area contributed by atoms with E-state index in [1.807, 2.05) is 36.0 Å². The zero-order valence-electron chi connectivity index (χ0n) is 10.4. The summed E-state index contributed by atoms with van der Waals surface area (Å²) in [4.78, 5) is 19.9. The Morgan fingerprint density at radius 2 is 2.16 bits per heavy atom. The molecule has 3 aromatic rings. The molecule has 0 radical (unpaired) electrons. The van der Waals surface area contributed by atoms with E-state index in [2.05, 4.69) is 15.3 Å². The molecule has 1 amide bonds. The number of fused-ring (bicyclic) bond motifs is 1. The highest BCUT2D eigenvalue weighted by Crippen LogP contribution is 2.17. The quantitative estimate of drug-likeness (QED) is 0.760. The molecule has 1 aromatic carbocycles. The van der Waals surface area contributed by atoms with Gasteiger partial charge in [0.1, 0.15) is 12.1 Å². The molecule has 0 bridgehead atoms. The number of hydrogen-bond donors (Lipinski definition) is 1. The van der Waals surface area contributed by atoms with Crippen LogP contribution in [0.2, 0.25) is 0 Å². The summed E-state index contributed by atoms with van der Waals surface area (Å²) >= 11 is 0. The Labute approximate surface area is 109 Å². The number of carbonyl (C=O) groups excluding carboxylic acids is 1. The van der Waals surface area contributed by atoms with Crippen LogP contribution in [0, 0.1) is 0 Å². The third kappa shape index (κ3) is 2.18. The molecule has 94 valence electrons. The van der Waals surface area contributed by atoms with Crippen molar-refractivity contribution in [1.29, 1.82) is 0 Å². The predicted octanol–water partition coefficient (Wildman–Crippen LogP) is 2.22. The number of aryl methyl sites for hydroxylation is 1. The van der Waals surface area contributed by atoms with Gasteiger partial charge < -0.3 is 9.88 Å². The average molecular weight is 252 g/mol.